The summed E-state index contributed by atoms with van der Waals surface area (Å²) in [7, 11) is -2.49. The number of nitrogens with one attached hydrogen (secondary N) is 1. The molecule has 0 spiro atoms. The smallest absolute Gasteiger partial charge is 0.169 e. The van der Waals surface area contributed by atoms with E-state index in [4.69, 9.17) is 4.98 Å². The van der Waals surface area contributed by atoms with Crippen molar-refractivity contribution in [2.75, 3.05) is 19.1 Å². The Morgan fingerprint density at radius 1 is 1.17 bits per heavy atom. The average molecular weight is 427 g/mol. The average Bonchev–Trinajstić information content (AvgIpc) is 3.13. The number of pyridine rings is 1. The lowest BCUT2D eigenvalue weighted by Gasteiger charge is -2.26. The molecule has 0 radical (unpaired) electrons. The van der Waals surface area contributed by atoms with Gasteiger partial charge in [-0.3, -0.25) is 5.10 Å². The summed E-state index contributed by atoms with van der Waals surface area (Å²) in [6.45, 7) is 3.60. The van der Waals surface area contributed by atoms with Crippen molar-refractivity contribution in [1.82, 2.24) is 15.2 Å². The van der Waals surface area contributed by atoms with Crippen LogP contribution < -0.4 is 0 Å². The highest BCUT2D eigenvalue weighted by molar-refractivity contribution is 7.92. The number of halogens is 1. The highest BCUT2D eigenvalue weighted by atomic mass is 32.2. The van der Waals surface area contributed by atoms with E-state index in [9.17, 15) is 13.7 Å². The van der Waals surface area contributed by atoms with Crippen LogP contribution in [0.3, 0.4) is 0 Å². The zero-order valence-electron chi connectivity index (χ0n) is 17.2. The van der Waals surface area contributed by atoms with Crippen LogP contribution in [-0.4, -0.2) is 43.6 Å². The molecule has 0 atom stereocenters. The van der Waals surface area contributed by atoms with Gasteiger partial charge >= 0.3 is 0 Å². The van der Waals surface area contributed by atoms with Gasteiger partial charge in [0.1, 0.15) is 5.82 Å². The van der Waals surface area contributed by atoms with E-state index in [0.717, 1.165) is 27.4 Å². The predicted molar refractivity (Wildman–Crippen MR) is 119 cm³/mol. The quantitative estimate of drug-likeness (QED) is 0.501. The normalized spacial score (nSPS) is 12.6. The summed E-state index contributed by atoms with van der Waals surface area (Å²) in [4.78, 5) is 4.78. The minimum atomic E-state index is -2.49. The van der Waals surface area contributed by atoms with Crippen molar-refractivity contribution in [2.45, 2.75) is 19.3 Å². The number of nitrogens with zero attached hydrogens (tertiary/aromatic N) is 3. The lowest BCUT2D eigenvalue weighted by atomic mass is 9.82. The topological polar surface area (TPSA) is 91.2 Å². The highest BCUT2D eigenvalue weighted by Crippen LogP contribution is 2.42. The number of aliphatic hydroxyl groups excluding tert-OH is 1. The molecular formula is C22H23FN4O2S. The molecular weight excluding hydrogens is 403 g/mol. The summed E-state index contributed by atoms with van der Waals surface area (Å²) in [6, 6.07) is 10.0. The first-order valence-corrected chi connectivity index (χ1v) is 11.8. The van der Waals surface area contributed by atoms with Gasteiger partial charge in [0.25, 0.3) is 0 Å². The minimum Gasteiger partial charge on any atom is -0.395 e. The Balaban J connectivity index is 2.24. The summed E-state index contributed by atoms with van der Waals surface area (Å²) in [5.41, 5.74) is 2.25. The van der Waals surface area contributed by atoms with Crippen molar-refractivity contribution >= 4 is 37.2 Å². The number of fused-ring (bicyclic) bond motifs is 2. The fourth-order valence-corrected chi connectivity index (χ4v) is 4.04. The molecule has 6 nitrogen and oxygen atoms in total. The predicted octanol–water partition coefficient (Wildman–Crippen LogP) is 4.55. The van der Waals surface area contributed by atoms with Crippen molar-refractivity contribution in [1.29, 1.82) is 0 Å². The summed E-state index contributed by atoms with van der Waals surface area (Å²) in [6.07, 6.45) is 4.83. The number of aromatic amines is 1. The molecule has 0 saturated heterocycles. The van der Waals surface area contributed by atoms with Crippen LogP contribution in [0.2, 0.25) is 0 Å². The largest absolute Gasteiger partial charge is 0.395 e. The van der Waals surface area contributed by atoms with Gasteiger partial charge in [0.2, 0.25) is 0 Å². The second kappa shape index (κ2) is 7.14. The SMILES string of the molecule is CC(C)(CO)c1nc(N=S(C)(C)=O)c2cc3[nH]ncc3cc2c1-c1ccc(F)cc1. The third kappa shape index (κ3) is 3.68. The third-order valence-corrected chi connectivity index (χ3v) is 5.63. The summed E-state index contributed by atoms with van der Waals surface area (Å²) in [5, 5.41) is 19.6. The maximum atomic E-state index is 13.6. The monoisotopic (exact) mass is 426 g/mol. The number of aromatic nitrogens is 3. The number of rotatable bonds is 4. The molecule has 0 unspecified atom stereocenters. The Morgan fingerprint density at radius 3 is 2.50 bits per heavy atom. The Morgan fingerprint density at radius 2 is 1.87 bits per heavy atom. The lowest BCUT2D eigenvalue weighted by molar-refractivity contribution is 0.216. The first-order valence-electron chi connectivity index (χ1n) is 9.44. The molecule has 2 N–H and O–H groups in total. The molecule has 156 valence electrons. The van der Waals surface area contributed by atoms with E-state index in [2.05, 4.69) is 14.6 Å². The molecule has 0 fully saturated rings. The van der Waals surface area contributed by atoms with Crippen LogP contribution in [0.15, 0.2) is 47.0 Å². The van der Waals surface area contributed by atoms with Gasteiger partial charge in [-0.2, -0.15) is 9.46 Å². The second-order valence-corrected chi connectivity index (χ2v) is 10.9. The van der Waals surface area contributed by atoms with E-state index in [0.29, 0.717) is 16.9 Å². The molecule has 4 rings (SSSR count). The Kier molecular flexibility index (Phi) is 4.86. The van der Waals surface area contributed by atoms with E-state index < -0.39 is 15.1 Å². The Bertz CT molecular complexity index is 1380. The van der Waals surface area contributed by atoms with Crippen molar-refractivity contribution < 1.29 is 13.7 Å². The van der Waals surface area contributed by atoms with E-state index in [-0.39, 0.29) is 12.4 Å². The molecule has 0 amide bonds. The Labute approximate surface area is 174 Å². The fraction of sp³-hybridized carbons (Fsp3) is 0.273. The summed E-state index contributed by atoms with van der Waals surface area (Å²) in [5.74, 6) is 0.0124. The van der Waals surface area contributed by atoms with Gasteiger partial charge < -0.3 is 5.11 Å². The fourth-order valence-electron chi connectivity index (χ4n) is 3.48. The van der Waals surface area contributed by atoms with Gasteiger partial charge in [-0.1, -0.05) is 26.0 Å². The van der Waals surface area contributed by atoms with Crippen LogP contribution in [0.25, 0.3) is 32.8 Å². The van der Waals surface area contributed by atoms with Crippen LogP contribution in [0.5, 0.6) is 0 Å². The molecule has 0 bridgehead atoms. The van der Waals surface area contributed by atoms with Crippen LogP contribution >= 0.6 is 0 Å². The van der Waals surface area contributed by atoms with E-state index in [1.54, 1.807) is 30.8 Å². The molecule has 0 aliphatic carbocycles. The van der Waals surface area contributed by atoms with Gasteiger partial charge in [0.05, 0.1) is 24.0 Å². The summed E-state index contributed by atoms with van der Waals surface area (Å²) >= 11 is 0. The van der Waals surface area contributed by atoms with Crippen molar-refractivity contribution in [3.8, 4) is 11.1 Å². The molecule has 2 aromatic heterocycles. The number of benzene rings is 2. The first-order chi connectivity index (χ1) is 14.1. The van der Waals surface area contributed by atoms with Crippen LogP contribution in [0, 0.1) is 5.82 Å². The van der Waals surface area contributed by atoms with E-state index >= 15 is 0 Å². The zero-order chi connectivity index (χ0) is 21.7. The standard InChI is InChI=1S/C22H23FN4O2S/c1-22(2,12-28)20-19(13-5-7-15(23)8-6-13)16-9-14-11-24-26-18(14)10-17(16)21(25-20)27-30(3,4)29/h5-11,28H,12H2,1-4H3,(H,24,26). The van der Waals surface area contributed by atoms with Gasteiger partial charge in [0, 0.05) is 44.0 Å². The van der Waals surface area contributed by atoms with Crippen molar-refractivity contribution in [3.63, 3.8) is 0 Å². The molecule has 8 heteroatoms. The maximum Gasteiger partial charge on any atom is 0.169 e. The number of H-pyrrole nitrogens is 1. The number of hydrogen-bond acceptors (Lipinski definition) is 5. The summed E-state index contributed by atoms with van der Waals surface area (Å²) < 4.78 is 30.5. The van der Waals surface area contributed by atoms with Crippen LogP contribution in [-0.2, 0) is 15.1 Å². The number of aliphatic hydroxyl groups is 1. The Hall–Kier alpha value is -2.84. The second-order valence-electron chi connectivity index (χ2n) is 8.34. The number of hydrogen-bond donors (Lipinski definition) is 2. The lowest BCUT2D eigenvalue weighted by Crippen LogP contribution is -2.25. The van der Waals surface area contributed by atoms with Gasteiger partial charge in [-0.15, -0.1) is 0 Å². The van der Waals surface area contributed by atoms with E-state index in [1.807, 2.05) is 26.0 Å². The van der Waals surface area contributed by atoms with Crippen molar-refractivity contribution in [3.05, 3.63) is 54.1 Å². The van der Waals surface area contributed by atoms with E-state index in [1.165, 1.54) is 12.1 Å². The minimum absolute atomic E-state index is 0.152. The van der Waals surface area contributed by atoms with Gasteiger partial charge in [-0.25, -0.2) is 13.6 Å². The molecule has 30 heavy (non-hydrogen) atoms. The molecule has 0 saturated carbocycles. The zero-order valence-corrected chi connectivity index (χ0v) is 18.0. The van der Waals surface area contributed by atoms with Gasteiger partial charge in [-0.05, 0) is 35.2 Å². The highest BCUT2D eigenvalue weighted by Gasteiger charge is 2.28. The maximum absolute atomic E-state index is 13.6. The first kappa shape index (κ1) is 20.4. The van der Waals surface area contributed by atoms with Crippen molar-refractivity contribution in [2.24, 2.45) is 4.36 Å². The van der Waals surface area contributed by atoms with Crippen LogP contribution in [0.1, 0.15) is 19.5 Å². The van der Waals surface area contributed by atoms with Crippen LogP contribution in [0.4, 0.5) is 10.2 Å². The molecule has 4 aromatic rings. The molecule has 0 aliphatic heterocycles. The molecule has 0 aliphatic rings. The third-order valence-electron chi connectivity index (χ3n) is 5.02. The van der Waals surface area contributed by atoms with Gasteiger partial charge in [0.15, 0.2) is 5.82 Å². The molecule has 2 aromatic carbocycles. The molecule has 2 heterocycles.